The molecule has 3 nitrogen and oxygen atoms in total. The zero-order valence-corrected chi connectivity index (χ0v) is 10.5. The largest absolute Gasteiger partial charge is 0.489 e. The Morgan fingerprint density at radius 3 is 2.75 bits per heavy atom. The lowest BCUT2D eigenvalue weighted by atomic mass is 10.2. The zero-order chi connectivity index (χ0) is 12.0. The summed E-state index contributed by atoms with van der Waals surface area (Å²) in [7, 11) is 0. The van der Waals surface area contributed by atoms with E-state index in [4.69, 9.17) is 26.8 Å². The molecule has 1 aromatic carbocycles. The molecule has 0 spiro atoms. The predicted molar refractivity (Wildman–Crippen MR) is 66.2 cm³/mol. The molecule has 1 rings (SSSR count). The van der Waals surface area contributed by atoms with Gasteiger partial charge in [0, 0.05) is 13.2 Å². The van der Waals surface area contributed by atoms with Gasteiger partial charge in [-0.2, -0.15) is 0 Å². The number of benzene rings is 1. The van der Waals surface area contributed by atoms with Crippen molar-refractivity contribution in [3.63, 3.8) is 0 Å². The number of ether oxygens (including phenoxy) is 2. The molecule has 1 aromatic rings. The molecule has 90 valence electrons. The highest BCUT2D eigenvalue weighted by Crippen LogP contribution is 2.25. The molecule has 0 aromatic heterocycles. The number of nitrogens with two attached hydrogens (primary N) is 1. The molecule has 16 heavy (non-hydrogen) atoms. The van der Waals surface area contributed by atoms with Crippen LogP contribution in [0.4, 0.5) is 0 Å². The fraction of sp³-hybridized carbons (Fsp3) is 0.500. The normalized spacial score (nSPS) is 12.5. The Labute approximate surface area is 101 Å². The first-order chi connectivity index (χ1) is 7.67. The Balaban J connectivity index is 2.53. The molecule has 0 aliphatic heterocycles. The molecule has 2 N–H and O–H groups in total. The molecule has 1 atom stereocenters. The minimum absolute atomic E-state index is 0.0811. The molecule has 0 aliphatic rings. The summed E-state index contributed by atoms with van der Waals surface area (Å²) in [4.78, 5) is 0. The fourth-order valence-electron chi connectivity index (χ4n) is 1.33. The van der Waals surface area contributed by atoms with Gasteiger partial charge in [-0.1, -0.05) is 17.7 Å². The summed E-state index contributed by atoms with van der Waals surface area (Å²) in [5, 5.41) is 0.618. The van der Waals surface area contributed by atoms with Gasteiger partial charge in [-0.05, 0) is 31.5 Å². The van der Waals surface area contributed by atoms with E-state index in [0.717, 1.165) is 5.56 Å². The third-order valence-corrected chi connectivity index (χ3v) is 2.47. The first kappa shape index (κ1) is 13.3. The Hall–Kier alpha value is -0.770. The summed E-state index contributed by atoms with van der Waals surface area (Å²) in [6.07, 6.45) is -0.0811. The van der Waals surface area contributed by atoms with E-state index in [-0.39, 0.29) is 6.10 Å². The second kappa shape index (κ2) is 6.74. The van der Waals surface area contributed by atoms with Crippen molar-refractivity contribution >= 4 is 11.6 Å². The molecule has 0 amide bonds. The van der Waals surface area contributed by atoms with E-state index in [1.807, 2.05) is 32.0 Å². The van der Waals surface area contributed by atoms with E-state index in [0.29, 0.717) is 30.5 Å². The number of halogens is 1. The van der Waals surface area contributed by atoms with Gasteiger partial charge in [0.15, 0.2) is 0 Å². The van der Waals surface area contributed by atoms with Crippen LogP contribution in [0.5, 0.6) is 5.75 Å². The average Bonchev–Trinajstić information content (AvgIpc) is 2.26. The minimum atomic E-state index is -0.0811. The van der Waals surface area contributed by atoms with E-state index in [1.54, 1.807) is 0 Å². The summed E-state index contributed by atoms with van der Waals surface area (Å²) in [5.74, 6) is 0.672. The monoisotopic (exact) mass is 243 g/mol. The third-order valence-electron chi connectivity index (χ3n) is 2.18. The van der Waals surface area contributed by atoms with Crippen molar-refractivity contribution in [3.05, 3.63) is 28.8 Å². The molecule has 0 bridgehead atoms. The Morgan fingerprint density at radius 1 is 1.44 bits per heavy atom. The van der Waals surface area contributed by atoms with Crippen LogP contribution in [0.3, 0.4) is 0 Å². The van der Waals surface area contributed by atoms with E-state index in [9.17, 15) is 0 Å². The SMILES string of the molecule is CCOC(CN)COc1ccc(C)cc1Cl. The standard InChI is InChI=1S/C12H18ClNO2/c1-3-15-10(7-14)8-16-12-5-4-9(2)6-11(12)13/h4-6,10H,3,7-8,14H2,1-2H3. The molecule has 4 heteroatoms. The fourth-order valence-corrected chi connectivity index (χ4v) is 1.62. The molecule has 0 heterocycles. The molecule has 0 saturated heterocycles. The van der Waals surface area contributed by atoms with Gasteiger partial charge in [-0.15, -0.1) is 0 Å². The minimum Gasteiger partial charge on any atom is -0.489 e. The summed E-state index contributed by atoms with van der Waals surface area (Å²) in [5.41, 5.74) is 6.66. The van der Waals surface area contributed by atoms with Crippen LogP contribution < -0.4 is 10.5 Å². The Bertz CT molecular complexity index is 331. The van der Waals surface area contributed by atoms with Gasteiger partial charge in [-0.25, -0.2) is 0 Å². The van der Waals surface area contributed by atoms with Gasteiger partial charge >= 0.3 is 0 Å². The molecule has 0 fully saturated rings. The van der Waals surface area contributed by atoms with E-state index >= 15 is 0 Å². The summed E-state index contributed by atoms with van der Waals surface area (Å²) >= 11 is 6.04. The maximum atomic E-state index is 6.04. The number of hydrogen-bond donors (Lipinski definition) is 1. The molecular formula is C12H18ClNO2. The Morgan fingerprint density at radius 2 is 2.19 bits per heavy atom. The lowest BCUT2D eigenvalue weighted by molar-refractivity contribution is 0.0337. The van der Waals surface area contributed by atoms with Gasteiger partial charge in [-0.3, -0.25) is 0 Å². The van der Waals surface area contributed by atoms with Crippen molar-refractivity contribution in [2.45, 2.75) is 20.0 Å². The molecular weight excluding hydrogens is 226 g/mol. The van der Waals surface area contributed by atoms with Crippen LogP contribution in [0, 0.1) is 6.92 Å². The van der Waals surface area contributed by atoms with Crippen molar-refractivity contribution in [2.75, 3.05) is 19.8 Å². The number of hydrogen-bond acceptors (Lipinski definition) is 3. The lowest BCUT2D eigenvalue weighted by Gasteiger charge is -2.16. The zero-order valence-electron chi connectivity index (χ0n) is 9.70. The van der Waals surface area contributed by atoms with E-state index in [1.165, 1.54) is 0 Å². The third kappa shape index (κ3) is 4.00. The van der Waals surface area contributed by atoms with Crippen molar-refractivity contribution in [2.24, 2.45) is 5.73 Å². The van der Waals surface area contributed by atoms with Gasteiger partial charge in [0.25, 0.3) is 0 Å². The second-order valence-corrected chi connectivity index (χ2v) is 3.97. The van der Waals surface area contributed by atoms with Crippen LogP contribution in [-0.4, -0.2) is 25.9 Å². The van der Waals surface area contributed by atoms with E-state index < -0.39 is 0 Å². The van der Waals surface area contributed by atoms with Gasteiger partial charge in [0.05, 0.1) is 5.02 Å². The molecule has 0 radical (unpaired) electrons. The topological polar surface area (TPSA) is 44.5 Å². The highest BCUT2D eigenvalue weighted by Gasteiger charge is 2.08. The van der Waals surface area contributed by atoms with Gasteiger partial charge in [0.2, 0.25) is 0 Å². The summed E-state index contributed by atoms with van der Waals surface area (Å²) in [6, 6.07) is 5.69. The maximum Gasteiger partial charge on any atom is 0.138 e. The smallest absolute Gasteiger partial charge is 0.138 e. The van der Waals surface area contributed by atoms with Gasteiger partial charge in [0.1, 0.15) is 18.5 Å². The highest BCUT2D eigenvalue weighted by atomic mass is 35.5. The van der Waals surface area contributed by atoms with Crippen molar-refractivity contribution < 1.29 is 9.47 Å². The van der Waals surface area contributed by atoms with E-state index in [2.05, 4.69) is 0 Å². The van der Waals surface area contributed by atoms with Crippen molar-refractivity contribution in [1.29, 1.82) is 0 Å². The molecule has 0 aliphatic carbocycles. The quantitative estimate of drug-likeness (QED) is 0.835. The predicted octanol–water partition coefficient (Wildman–Crippen LogP) is 2.39. The maximum absolute atomic E-state index is 6.04. The Kier molecular flexibility index (Phi) is 5.60. The number of rotatable bonds is 6. The van der Waals surface area contributed by atoms with Crippen LogP contribution in [0.25, 0.3) is 0 Å². The van der Waals surface area contributed by atoms with Crippen LogP contribution in [0.15, 0.2) is 18.2 Å². The van der Waals surface area contributed by atoms with Crippen LogP contribution in [0.2, 0.25) is 5.02 Å². The highest BCUT2D eigenvalue weighted by molar-refractivity contribution is 6.32. The second-order valence-electron chi connectivity index (χ2n) is 3.56. The lowest BCUT2D eigenvalue weighted by Crippen LogP contribution is -2.30. The van der Waals surface area contributed by atoms with Crippen molar-refractivity contribution in [1.82, 2.24) is 0 Å². The first-order valence-corrected chi connectivity index (χ1v) is 5.75. The molecule has 0 saturated carbocycles. The average molecular weight is 244 g/mol. The van der Waals surface area contributed by atoms with Crippen LogP contribution in [0.1, 0.15) is 12.5 Å². The molecule has 1 unspecified atom stereocenters. The first-order valence-electron chi connectivity index (χ1n) is 5.38. The van der Waals surface area contributed by atoms with Crippen LogP contribution in [-0.2, 0) is 4.74 Å². The van der Waals surface area contributed by atoms with Crippen LogP contribution >= 0.6 is 11.6 Å². The van der Waals surface area contributed by atoms with Gasteiger partial charge < -0.3 is 15.2 Å². The number of aryl methyl sites for hydroxylation is 1. The summed E-state index contributed by atoms with van der Waals surface area (Å²) in [6.45, 7) is 5.41. The summed E-state index contributed by atoms with van der Waals surface area (Å²) < 4.78 is 10.9. The van der Waals surface area contributed by atoms with Crippen molar-refractivity contribution in [3.8, 4) is 5.75 Å².